The molecule has 0 saturated carbocycles. The number of esters is 1. The fraction of sp³-hybridized carbons (Fsp3) is 0.417. The number of nitrogens with one attached hydrogen (secondary N) is 1. The number of amides is 1. The van der Waals surface area contributed by atoms with Crippen LogP contribution in [0.2, 0.25) is 0 Å². The van der Waals surface area contributed by atoms with E-state index in [2.05, 4.69) is 11.4 Å². The van der Waals surface area contributed by atoms with Crippen molar-refractivity contribution >= 4 is 23.3 Å². The van der Waals surface area contributed by atoms with E-state index in [1.54, 1.807) is 12.1 Å². The van der Waals surface area contributed by atoms with Crippen LogP contribution in [0.15, 0.2) is 36.4 Å². The summed E-state index contributed by atoms with van der Waals surface area (Å²) in [7, 11) is 1.87. The summed E-state index contributed by atoms with van der Waals surface area (Å²) < 4.78 is 5.43. The first kappa shape index (κ1) is 21.2. The van der Waals surface area contributed by atoms with E-state index in [1.807, 2.05) is 56.0 Å². The summed E-state index contributed by atoms with van der Waals surface area (Å²) in [6, 6.07) is 11.2. The van der Waals surface area contributed by atoms with Gasteiger partial charge >= 0.3 is 5.97 Å². The van der Waals surface area contributed by atoms with Crippen molar-refractivity contribution in [3.8, 4) is 0 Å². The lowest BCUT2D eigenvalue weighted by molar-refractivity contribution is 0.00694. The molecule has 164 valence electrons. The molecule has 0 bridgehead atoms. The number of aryl methyl sites for hydroxylation is 2. The number of benzene rings is 2. The second-order valence-electron chi connectivity index (χ2n) is 9.08. The molecule has 1 amide bonds. The van der Waals surface area contributed by atoms with E-state index >= 15 is 0 Å². The highest BCUT2D eigenvalue weighted by Gasteiger charge is 2.34. The van der Waals surface area contributed by atoms with Gasteiger partial charge in [0.1, 0.15) is 11.8 Å². The number of hydrogen-bond donors (Lipinski definition) is 2. The van der Waals surface area contributed by atoms with Gasteiger partial charge < -0.3 is 15.2 Å². The van der Waals surface area contributed by atoms with Gasteiger partial charge in [-0.25, -0.2) is 4.79 Å². The third-order valence-corrected chi connectivity index (χ3v) is 5.67. The van der Waals surface area contributed by atoms with Gasteiger partial charge in [0.25, 0.3) is 5.91 Å². The minimum atomic E-state index is -0.588. The highest BCUT2D eigenvalue weighted by molar-refractivity contribution is 6.03. The summed E-state index contributed by atoms with van der Waals surface area (Å²) in [6.07, 6.45) is 2.48. The van der Waals surface area contributed by atoms with Crippen LogP contribution in [0, 0.1) is 0 Å². The maximum absolute atomic E-state index is 12.7. The minimum absolute atomic E-state index is 0.173. The van der Waals surface area contributed by atoms with Crippen molar-refractivity contribution in [3.63, 3.8) is 0 Å². The van der Waals surface area contributed by atoms with Crippen molar-refractivity contribution in [1.29, 1.82) is 0 Å². The van der Waals surface area contributed by atoms with Crippen molar-refractivity contribution in [2.75, 3.05) is 23.7 Å². The number of fused-ring (bicyclic) bond motifs is 2. The second kappa shape index (κ2) is 7.89. The van der Waals surface area contributed by atoms with Gasteiger partial charge in [-0.15, -0.1) is 0 Å². The first-order chi connectivity index (χ1) is 14.7. The van der Waals surface area contributed by atoms with E-state index in [-0.39, 0.29) is 18.5 Å². The third-order valence-electron chi connectivity index (χ3n) is 5.67. The Labute approximate surface area is 182 Å². The number of carbonyl (C=O) groups is 2. The summed E-state index contributed by atoms with van der Waals surface area (Å²) in [5.41, 5.74) is 4.59. The number of ether oxygens (including phenoxy) is 1. The Bertz CT molecular complexity index is 1010. The predicted octanol–water partition coefficient (Wildman–Crippen LogP) is 3.05. The Morgan fingerprint density at radius 2 is 1.84 bits per heavy atom. The molecule has 4 rings (SSSR count). The summed E-state index contributed by atoms with van der Waals surface area (Å²) in [5.74, 6) is -0.547. The van der Waals surface area contributed by atoms with Crippen LogP contribution in [0.4, 0.5) is 11.4 Å². The number of nitrogens with zero attached hydrogens (tertiary/aromatic N) is 2. The Morgan fingerprint density at radius 1 is 1.19 bits per heavy atom. The first-order valence-electron chi connectivity index (χ1n) is 10.6. The molecule has 0 fully saturated rings. The highest BCUT2D eigenvalue weighted by Crippen LogP contribution is 2.35. The lowest BCUT2D eigenvalue weighted by Gasteiger charge is -2.44. The third kappa shape index (κ3) is 4.10. The fourth-order valence-electron chi connectivity index (χ4n) is 4.21. The van der Waals surface area contributed by atoms with E-state index < -0.39 is 11.8 Å². The second-order valence-corrected chi connectivity index (χ2v) is 9.08. The van der Waals surface area contributed by atoms with E-state index in [0.717, 1.165) is 30.6 Å². The molecule has 2 aromatic carbocycles. The van der Waals surface area contributed by atoms with Crippen molar-refractivity contribution in [1.82, 2.24) is 5.32 Å². The van der Waals surface area contributed by atoms with Gasteiger partial charge in [-0.3, -0.25) is 14.8 Å². The van der Waals surface area contributed by atoms with Crippen LogP contribution in [-0.2, 0) is 17.6 Å². The van der Waals surface area contributed by atoms with E-state index in [0.29, 0.717) is 11.1 Å². The van der Waals surface area contributed by atoms with Crippen molar-refractivity contribution < 1.29 is 19.4 Å². The minimum Gasteiger partial charge on any atom is -0.456 e. The lowest BCUT2D eigenvalue weighted by atomic mass is 10.0. The van der Waals surface area contributed by atoms with Gasteiger partial charge in [-0.2, -0.15) is 0 Å². The van der Waals surface area contributed by atoms with Crippen LogP contribution in [-0.4, -0.2) is 42.4 Å². The van der Waals surface area contributed by atoms with Gasteiger partial charge in [0.2, 0.25) is 0 Å². The normalized spacial score (nSPS) is 17.6. The van der Waals surface area contributed by atoms with Gasteiger partial charge in [0, 0.05) is 7.05 Å². The van der Waals surface area contributed by atoms with Gasteiger partial charge in [0.15, 0.2) is 0 Å². The summed E-state index contributed by atoms with van der Waals surface area (Å²) >= 11 is 0. The molecule has 1 aliphatic heterocycles. The zero-order valence-corrected chi connectivity index (χ0v) is 18.4. The SMILES string of the molecule is CN(c1ccc(C(=O)OC(C)(C)C)cc1)N1c2cc3c(cc2C(=O)NC1CO)CCC3. The Morgan fingerprint density at radius 3 is 2.45 bits per heavy atom. The zero-order chi connectivity index (χ0) is 22.3. The topological polar surface area (TPSA) is 82.1 Å². The molecule has 7 nitrogen and oxygen atoms in total. The molecule has 31 heavy (non-hydrogen) atoms. The standard InChI is InChI=1S/C24H29N3O4/c1-24(2,3)31-23(30)15-8-10-18(11-9-15)26(4)27-20-13-17-7-5-6-16(17)12-19(20)22(29)25-21(27)14-28/h8-13,21,28H,5-7,14H2,1-4H3,(H,25,29). The monoisotopic (exact) mass is 423 g/mol. The van der Waals surface area contributed by atoms with E-state index in [4.69, 9.17) is 4.74 Å². The number of aliphatic hydroxyl groups is 1. The molecule has 7 heteroatoms. The van der Waals surface area contributed by atoms with E-state index in [9.17, 15) is 14.7 Å². The first-order valence-corrected chi connectivity index (χ1v) is 10.6. The summed E-state index contributed by atoms with van der Waals surface area (Å²) in [6.45, 7) is 5.27. The largest absolute Gasteiger partial charge is 0.456 e. The Kier molecular flexibility index (Phi) is 5.39. The molecule has 0 radical (unpaired) electrons. The Balaban J connectivity index is 1.66. The molecule has 2 aromatic rings. The van der Waals surface area contributed by atoms with Crippen molar-refractivity contribution in [2.24, 2.45) is 0 Å². The number of aliphatic hydroxyl groups excluding tert-OH is 1. The number of anilines is 2. The summed E-state index contributed by atoms with van der Waals surface area (Å²) in [5, 5.41) is 16.7. The molecule has 0 spiro atoms. The molecule has 1 unspecified atom stereocenters. The summed E-state index contributed by atoms with van der Waals surface area (Å²) in [4.78, 5) is 25.0. The molecular weight excluding hydrogens is 394 g/mol. The van der Waals surface area contributed by atoms with Crippen LogP contribution in [0.1, 0.15) is 59.0 Å². The molecule has 1 heterocycles. The van der Waals surface area contributed by atoms with E-state index in [1.165, 1.54) is 11.1 Å². The highest BCUT2D eigenvalue weighted by atomic mass is 16.6. The number of hydrogen-bond acceptors (Lipinski definition) is 6. The van der Waals surface area contributed by atoms with Crippen LogP contribution >= 0.6 is 0 Å². The van der Waals surface area contributed by atoms with Gasteiger partial charge in [0.05, 0.1) is 29.1 Å². The maximum Gasteiger partial charge on any atom is 0.338 e. The van der Waals surface area contributed by atoms with Crippen LogP contribution in [0.3, 0.4) is 0 Å². The number of carbonyl (C=O) groups excluding carboxylic acids is 2. The fourth-order valence-corrected chi connectivity index (χ4v) is 4.21. The smallest absolute Gasteiger partial charge is 0.338 e. The van der Waals surface area contributed by atoms with Gasteiger partial charge in [-0.1, -0.05) is 0 Å². The predicted molar refractivity (Wildman–Crippen MR) is 119 cm³/mol. The zero-order valence-electron chi connectivity index (χ0n) is 18.4. The van der Waals surface area contributed by atoms with Crippen molar-refractivity contribution in [2.45, 2.75) is 51.8 Å². The quantitative estimate of drug-likeness (QED) is 0.736. The molecule has 0 saturated heterocycles. The molecule has 2 aliphatic rings. The molecule has 2 N–H and O–H groups in total. The number of rotatable bonds is 4. The average molecular weight is 424 g/mol. The van der Waals surface area contributed by atoms with Crippen LogP contribution < -0.4 is 15.3 Å². The van der Waals surface area contributed by atoms with Gasteiger partial charge in [-0.05, 0) is 87.6 Å². The average Bonchev–Trinajstić information content (AvgIpc) is 3.18. The lowest BCUT2D eigenvalue weighted by Crippen LogP contribution is -2.60. The van der Waals surface area contributed by atoms with Crippen LogP contribution in [0.5, 0.6) is 0 Å². The van der Waals surface area contributed by atoms with Crippen molar-refractivity contribution in [3.05, 3.63) is 58.7 Å². The molecule has 1 atom stereocenters. The van der Waals surface area contributed by atoms with Crippen LogP contribution in [0.25, 0.3) is 0 Å². The Hall–Kier alpha value is -3.06. The molecule has 0 aromatic heterocycles. The maximum atomic E-state index is 12.7. The number of hydrazine groups is 1. The molecule has 1 aliphatic carbocycles. The molecular formula is C24H29N3O4.